The molecule has 2 aromatic carbocycles. The third kappa shape index (κ3) is 5.49. The lowest BCUT2D eigenvalue weighted by Crippen LogP contribution is -2.49. The van der Waals surface area contributed by atoms with Crippen LogP contribution in [0.1, 0.15) is 54.4 Å². The van der Waals surface area contributed by atoms with E-state index in [-0.39, 0.29) is 24.1 Å². The molecule has 6 nitrogen and oxygen atoms in total. The number of amides is 2. The maximum atomic E-state index is 13.9. The Kier molecular flexibility index (Phi) is 7.71. The Labute approximate surface area is 210 Å². The number of halogens is 1. The van der Waals surface area contributed by atoms with Gasteiger partial charge in [0.1, 0.15) is 12.6 Å². The number of nitrogens with zero attached hydrogens (tertiary/aromatic N) is 2. The quantitative estimate of drug-likeness (QED) is 0.432. The number of benzene rings is 2. The maximum absolute atomic E-state index is 13.9. The van der Waals surface area contributed by atoms with Gasteiger partial charge in [0.15, 0.2) is 5.78 Å². The van der Waals surface area contributed by atoms with E-state index in [9.17, 15) is 14.4 Å². The molecule has 0 bridgehead atoms. The summed E-state index contributed by atoms with van der Waals surface area (Å²) in [5.41, 5.74) is 3.80. The Hall–Kier alpha value is -3.38. The molecule has 4 rings (SSSR count). The molecule has 1 atom stereocenters. The molecule has 182 valence electrons. The lowest BCUT2D eigenvalue weighted by atomic mass is 9.96. The SMILES string of the molecule is CCCC(C(=O)Nc1ccc(Cl)cc1)N(C(=O)Cn1c(C)cc2c1CCCC2=O)c1ccccc1. The third-order valence-electron chi connectivity index (χ3n) is 6.42. The fourth-order valence-corrected chi connectivity index (χ4v) is 4.84. The molecule has 1 heterocycles. The van der Waals surface area contributed by atoms with Gasteiger partial charge in [-0.2, -0.15) is 0 Å². The standard InChI is InChI=1S/C28H30ClN3O3/c1-3-8-25(28(35)30-21-15-13-20(29)14-16-21)32(22-9-5-4-6-10-22)27(34)18-31-19(2)17-23-24(31)11-7-12-26(23)33/h4-6,9-10,13-17,25H,3,7-8,11-12,18H2,1-2H3,(H,30,35). The molecule has 0 saturated heterocycles. The van der Waals surface area contributed by atoms with E-state index < -0.39 is 6.04 Å². The minimum atomic E-state index is -0.695. The highest BCUT2D eigenvalue weighted by Crippen LogP contribution is 2.27. The highest BCUT2D eigenvalue weighted by molar-refractivity contribution is 6.30. The molecular formula is C28H30ClN3O3. The number of hydrogen-bond donors (Lipinski definition) is 1. The highest BCUT2D eigenvalue weighted by Gasteiger charge is 2.32. The van der Waals surface area contributed by atoms with E-state index in [0.29, 0.717) is 29.2 Å². The van der Waals surface area contributed by atoms with Gasteiger partial charge in [-0.25, -0.2) is 0 Å². The van der Waals surface area contributed by atoms with Crippen LogP contribution in [0.5, 0.6) is 0 Å². The minimum absolute atomic E-state index is 0.0672. The van der Waals surface area contributed by atoms with Crippen molar-refractivity contribution in [2.75, 3.05) is 10.2 Å². The molecule has 0 radical (unpaired) electrons. The number of anilines is 2. The lowest BCUT2D eigenvalue weighted by molar-refractivity contribution is -0.124. The Bertz CT molecular complexity index is 1220. The maximum Gasteiger partial charge on any atom is 0.247 e. The van der Waals surface area contributed by atoms with E-state index in [1.807, 2.05) is 54.8 Å². The largest absolute Gasteiger partial charge is 0.339 e. The average Bonchev–Trinajstić information content (AvgIpc) is 3.17. The van der Waals surface area contributed by atoms with E-state index in [1.165, 1.54) is 0 Å². The van der Waals surface area contributed by atoms with Crippen molar-refractivity contribution in [2.45, 2.75) is 58.5 Å². The van der Waals surface area contributed by atoms with Gasteiger partial charge in [-0.3, -0.25) is 19.3 Å². The Morgan fingerprint density at radius 1 is 1.09 bits per heavy atom. The molecule has 1 unspecified atom stereocenters. The summed E-state index contributed by atoms with van der Waals surface area (Å²) in [4.78, 5) is 41.3. The van der Waals surface area contributed by atoms with Crippen molar-refractivity contribution >= 4 is 40.6 Å². The van der Waals surface area contributed by atoms with Gasteiger partial charge in [-0.05, 0) is 68.7 Å². The van der Waals surface area contributed by atoms with E-state index in [0.717, 1.165) is 36.2 Å². The normalized spacial score (nSPS) is 13.7. The van der Waals surface area contributed by atoms with Crippen LogP contribution in [0.15, 0.2) is 60.7 Å². The second-order valence-corrected chi connectivity index (χ2v) is 9.35. The summed E-state index contributed by atoms with van der Waals surface area (Å²) in [5, 5.41) is 3.52. The van der Waals surface area contributed by atoms with Gasteiger partial charge in [0.25, 0.3) is 0 Å². The summed E-state index contributed by atoms with van der Waals surface area (Å²) >= 11 is 5.98. The summed E-state index contributed by atoms with van der Waals surface area (Å²) in [7, 11) is 0. The molecule has 35 heavy (non-hydrogen) atoms. The highest BCUT2D eigenvalue weighted by atomic mass is 35.5. The van der Waals surface area contributed by atoms with Gasteiger partial charge in [0.2, 0.25) is 11.8 Å². The zero-order valence-corrected chi connectivity index (χ0v) is 20.8. The molecule has 0 spiro atoms. The molecule has 1 aliphatic rings. The fourth-order valence-electron chi connectivity index (χ4n) is 4.72. The van der Waals surface area contributed by atoms with Gasteiger partial charge in [-0.15, -0.1) is 0 Å². The summed E-state index contributed by atoms with van der Waals surface area (Å²) in [5.74, 6) is -0.320. The number of carbonyl (C=O) groups excluding carboxylic acids is 3. The van der Waals surface area contributed by atoms with Gasteiger partial charge >= 0.3 is 0 Å². The molecule has 0 fully saturated rings. The van der Waals surface area contributed by atoms with Gasteiger partial charge in [0, 0.05) is 39.8 Å². The predicted octanol–water partition coefficient (Wildman–Crippen LogP) is 5.81. The molecular weight excluding hydrogens is 462 g/mol. The minimum Gasteiger partial charge on any atom is -0.339 e. The summed E-state index contributed by atoms with van der Waals surface area (Å²) in [6.45, 7) is 3.98. The molecule has 2 amide bonds. The number of nitrogens with one attached hydrogen (secondary N) is 1. The van der Waals surface area contributed by atoms with Crippen molar-refractivity contribution in [2.24, 2.45) is 0 Å². The monoisotopic (exact) mass is 491 g/mol. The van der Waals surface area contributed by atoms with Crippen LogP contribution < -0.4 is 10.2 Å². The number of Topliss-reactive ketones (excluding diaryl/α,β-unsaturated/α-hetero) is 1. The summed E-state index contributed by atoms with van der Waals surface area (Å²) in [6.07, 6.45) is 3.32. The first-order valence-electron chi connectivity index (χ1n) is 12.0. The second kappa shape index (κ2) is 10.9. The van der Waals surface area contributed by atoms with E-state index in [2.05, 4.69) is 5.32 Å². The molecule has 1 aliphatic carbocycles. The Morgan fingerprint density at radius 2 is 1.80 bits per heavy atom. The molecule has 1 N–H and O–H groups in total. The first-order chi connectivity index (χ1) is 16.9. The smallest absolute Gasteiger partial charge is 0.247 e. The zero-order chi connectivity index (χ0) is 24.9. The molecule has 1 aromatic heterocycles. The first kappa shape index (κ1) is 24.7. The Morgan fingerprint density at radius 3 is 2.49 bits per heavy atom. The third-order valence-corrected chi connectivity index (χ3v) is 6.67. The number of aryl methyl sites for hydroxylation is 1. The van der Waals surface area contributed by atoms with E-state index in [1.54, 1.807) is 29.2 Å². The average molecular weight is 492 g/mol. The van der Waals surface area contributed by atoms with Crippen molar-refractivity contribution in [3.63, 3.8) is 0 Å². The number of carbonyl (C=O) groups is 3. The van der Waals surface area contributed by atoms with Gasteiger partial charge in [0.05, 0.1) is 0 Å². The van der Waals surface area contributed by atoms with Gasteiger partial charge < -0.3 is 9.88 Å². The van der Waals surface area contributed by atoms with E-state index in [4.69, 9.17) is 11.6 Å². The van der Waals surface area contributed by atoms with Crippen molar-refractivity contribution < 1.29 is 14.4 Å². The van der Waals surface area contributed by atoms with Crippen molar-refractivity contribution in [3.05, 3.63) is 82.6 Å². The fraction of sp³-hybridized carbons (Fsp3) is 0.321. The number of aromatic nitrogens is 1. The van der Waals surface area contributed by atoms with Crippen molar-refractivity contribution in [1.82, 2.24) is 4.57 Å². The molecule has 0 saturated carbocycles. The molecule has 3 aromatic rings. The summed E-state index contributed by atoms with van der Waals surface area (Å²) in [6, 6.07) is 17.4. The van der Waals surface area contributed by atoms with Crippen LogP contribution in [0.2, 0.25) is 5.02 Å². The number of rotatable bonds is 8. The topological polar surface area (TPSA) is 71.4 Å². The number of ketones is 1. The first-order valence-corrected chi connectivity index (χ1v) is 12.4. The van der Waals surface area contributed by atoms with Crippen molar-refractivity contribution in [1.29, 1.82) is 0 Å². The van der Waals surface area contributed by atoms with Crippen molar-refractivity contribution in [3.8, 4) is 0 Å². The van der Waals surface area contributed by atoms with Crippen LogP contribution in [-0.2, 0) is 22.6 Å². The number of para-hydroxylation sites is 1. The lowest BCUT2D eigenvalue weighted by Gasteiger charge is -2.32. The predicted molar refractivity (Wildman–Crippen MR) is 139 cm³/mol. The second-order valence-electron chi connectivity index (χ2n) is 8.91. The van der Waals surface area contributed by atoms with Crippen LogP contribution in [0.3, 0.4) is 0 Å². The van der Waals surface area contributed by atoms with Crippen LogP contribution >= 0.6 is 11.6 Å². The van der Waals surface area contributed by atoms with Crippen LogP contribution in [0.4, 0.5) is 11.4 Å². The van der Waals surface area contributed by atoms with Crippen LogP contribution in [0.25, 0.3) is 0 Å². The molecule has 7 heteroatoms. The van der Waals surface area contributed by atoms with Crippen LogP contribution in [-0.4, -0.2) is 28.2 Å². The van der Waals surface area contributed by atoms with E-state index >= 15 is 0 Å². The van der Waals surface area contributed by atoms with Gasteiger partial charge in [-0.1, -0.05) is 43.1 Å². The zero-order valence-electron chi connectivity index (χ0n) is 20.1. The number of hydrogen-bond acceptors (Lipinski definition) is 3. The summed E-state index contributed by atoms with van der Waals surface area (Å²) < 4.78 is 1.94. The number of fused-ring (bicyclic) bond motifs is 1. The molecule has 0 aliphatic heterocycles. The Balaban J connectivity index is 1.67. The van der Waals surface area contributed by atoms with Crippen LogP contribution in [0, 0.1) is 6.92 Å².